The molecule has 1 aromatic carbocycles. The molecular formula is C20H27N4O+. The quantitative estimate of drug-likeness (QED) is 0.724. The lowest BCUT2D eigenvalue weighted by atomic mass is 10.2. The summed E-state index contributed by atoms with van der Waals surface area (Å²) in [5.41, 5.74) is 11.1. The zero-order chi connectivity index (χ0) is 17.8. The van der Waals surface area contributed by atoms with Gasteiger partial charge in [-0.05, 0) is 63.2 Å². The number of carbonyl (C=O) groups excluding carboxylic acids is 1. The maximum absolute atomic E-state index is 12.3. The fourth-order valence-corrected chi connectivity index (χ4v) is 3.26. The second kappa shape index (κ2) is 7.57. The van der Waals surface area contributed by atoms with Crippen molar-refractivity contribution >= 4 is 5.91 Å². The van der Waals surface area contributed by atoms with Crippen LogP contribution in [0.4, 0.5) is 0 Å². The van der Waals surface area contributed by atoms with Crippen molar-refractivity contribution in [2.24, 2.45) is 0 Å². The predicted molar refractivity (Wildman–Crippen MR) is 99.8 cm³/mol. The first kappa shape index (κ1) is 17.3. The Labute approximate surface area is 149 Å². The van der Waals surface area contributed by atoms with Crippen LogP contribution in [0.2, 0.25) is 0 Å². The summed E-state index contributed by atoms with van der Waals surface area (Å²) in [4.78, 5) is 13.9. The molecule has 0 saturated carbocycles. The standard InChI is InChI=1S/C20H26N4O/c1-4-23-13-11-18(12-14-23)21-22-20(25)17-7-9-19(10-8-17)24-15(2)5-6-16(24)3/h5-11,21H,4,12-14H2,1-3H3,(H,22,25)/p+1. The topological polar surface area (TPSA) is 50.5 Å². The fraction of sp³-hybridized carbons (Fsp3) is 0.350. The van der Waals surface area contributed by atoms with E-state index in [4.69, 9.17) is 0 Å². The lowest BCUT2D eigenvalue weighted by Gasteiger charge is -2.23. The van der Waals surface area contributed by atoms with E-state index in [0.717, 1.165) is 37.4 Å². The molecule has 0 saturated heterocycles. The molecule has 0 bridgehead atoms. The fourth-order valence-electron chi connectivity index (χ4n) is 3.26. The predicted octanol–water partition coefficient (Wildman–Crippen LogP) is 1.52. The molecule has 0 spiro atoms. The molecule has 2 aromatic rings. The Hall–Kier alpha value is -2.53. The van der Waals surface area contributed by atoms with Crippen molar-refractivity contribution in [2.45, 2.75) is 27.2 Å². The van der Waals surface area contributed by atoms with Crippen LogP contribution in [0.5, 0.6) is 0 Å². The average molecular weight is 339 g/mol. The van der Waals surface area contributed by atoms with Crippen LogP contribution in [0.15, 0.2) is 48.2 Å². The highest BCUT2D eigenvalue weighted by atomic mass is 16.2. The first-order valence-corrected chi connectivity index (χ1v) is 8.93. The van der Waals surface area contributed by atoms with Gasteiger partial charge in [-0.1, -0.05) is 0 Å². The maximum Gasteiger partial charge on any atom is 0.269 e. The van der Waals surface area contributed by atoms with E-state index >= 15 is 0 Å². The summed E-state index contributed by atoms with van der Waals surface area (Å²) in [5, 5.41) is 0. The summed E-state index contributed by atoms with van der Waals surface area (Å²) in [7, 11) is 0. The number of aryl methyl sites for hydroxylation is 2. The molecule has 2 heterocycles. The van der Waals surface area contributed by atoms with E-state index < -0.39 is 0 Å². The Bertz CT molecular complexity index is 754. The molecular weight excluding hydrogens is 312 g/mol. The molecule has 25 heavy (non-hydrogen) atoms. The van der Waals surface area contributed by atoms with Crippen LogP contribution in [0.3, 0.4) is 0 Å². The van der Waals surface area contributed by atoms with Crippen LogP contribution >= 0.6 is 0 Å². The molecule has 132 valence electrons. The number of nitrogens with zero attached hydrogens (tertiary/aromatic N) is 1. The van der Waals surface area contributed by atoms with Gasteiger partial charge < -0.3 is 14.9 Å². The summed E-state index contributed by atoms with van der Waals surface area (Å²) < 4.78 is 2.18. The van der Waals surface area contributed by atoms with Gasteiger partial charge >= 0.3 is 0 Å². The Balaban J connectivity index is 1.61. The number of rotatable bonds is 5. The summed E-state index contributed by atoms with van der Waals surface area (Å²) in [5.74, 6) is -0.112. The maximum atomic E-state index is 12.3. The zero-order valence-electron chi connectivity index (χ0n) is 15.2. The van der Waals surface area contributed by atoms with Crippen molar-refractivity contribution in [3.8, 4) is 5.69 Å². The second-order valence-corrected chi connectivity index (χ2v) is 6.61. The van der Waals surface area contributed by atoms with Gasteiger partial charge in [0.15, 0.2) is 0 Å². The van der Waals surface area contributed by atoms with Crippen LogP contribution in [0, 0.1) is 13.8 Å². The first-order valence-electron chi connectivity index (χ1n) is 8.93. The summed E-state index contributed by atoms with van der Waals surface area (Å²) in [6.45, 7) is 9.62. The second-order valence-electron chi connectivity index (χ2n) is 6.61. The van der Waals surface area contributed by atoms with Crippen LogP contribution < -0.4 is 15.8 Å². The minimum Gasteiger partial charge on any atom is -0.332 e. The molecule has 1 atom stereocenters. The molecule has 3 N–H and O–H groups in total. The van der Waals surface area contributed by atoms with Gasteiger partial charge in [0.1, 0.15) is 0 Å². The van der Waals surface area contributed by atoms with Crippen molar-refractivity contribution in [2.75, 3.05) is 19.6 Å². The largest absolute Gasteiger partial charge is 0.332 e. The number of nitrogens with one attached hydrogen (secondary N) is 3. The Morgan fingerprint density at radius 1 is 1.12 bits per heavy atom. The molecule has 0 fully saturated rings. The van der Waals surface area contributed by atoms with E-state index in [1.807, 2.05) is 24.3 Å². The number of hydrazine groups is 1. The SMILES string of the molecule is CC[NH+]1CC=C(NNC(=O)c2ccc(-n3c(C)ccc3C)cc2)CC1. The van der Waals surface area contributed by atoms with Gasteiger partial charge in [-0.15, -0.1) is 0 Å². The monoisotopic (exact) mass is 339 g/mol. The van der Waals surface area contributed by atoms with Crippen LogP contribution in [-0.2, 0) is 0 Å². The number of amides is 1. The number of benzene rings is 1. The van der Waals surface area contributed by atoms with Gasteiger partial charge in [0.25, 0.3) is 5.91 Å². The zero-order valence-corrected chi connectivity index (χ0v) is 15.2. The van der Waals surface area contributed by atoms with Gasteiger partial charge in [0.05, 0.1) is 19.6 Å². The summed E-state index contributed by atoms with van der Waals surface area (Å²) in [6, 6.07) is 11.9. The van der Waals surface area contributed by atoms with E-state index in [1.165, 1.54) is 11.4 Å². The Morgan fingerprint density at radius 2 is 1.80 bits per heavy atom. The summed E-state index contributed by atoms with van der Waals surface area (Å²) in [6.07, 6.45) is 3.14. The Morgan fingerprint density at radius 3 is 2.36 bits per heavy atom. The van der Waals surface area contributed by atoms with Gasteiger partial charge in [-0.3, -0.25) is 10.2 Å². The molecule has 0 radical (unpaired) electrons. The molecule has 1 aliphatic rings. The minimum atomic E-state index is -0.112. The normalized spacial score (nSPS) is 17.1. The van der Waals surface area contributed by atoms with Gasteiger partial charge in [0, 0.05) is 34.8 Å². The lowest BCUT2D eigenvalue weighted by molar-refractivity contribution is -0.893. The van der Waals surface area contributed by atoms with Gasteiger partial charge in [-0.2, -0.15) is 0 Å². The van der Waals surface area contributed by atoms with E-state index in [0.29, 0.717) is 5.56 Å². The van der Waals surface area contributed by atoms with Crippen molar-refractivity contribution in [3.63, 3.8) is 0 Å². The van der Waals surface area contributed by atoms with Crippen molar-refractivity contribution < 1.29 is 9.69 Å². The number of hydrogen-bond acceptors (Lipinski definition) is 2. The molecule has 5 nitrogen and oxygen atoms in total. The van der Waals surface area contributed by atoms with Crippen LogP contribution in [0.25, 0.3) is 5.69 Å². The average Bonchev–Trinajstić information content (AvgIpc) is 2.98. The third-order valence-electron chi connectivity index (χ3n) is 4.88. The van der Waals surface area contributed by atoms with Gasteiger partial charge in [-0.25, -0.2) is 0 Å². The molecule has 0 aliphatic carbocycles. The summed E-state index contributed by atoms with van der Waals surface area (Å²) >= 11 is 0. The highest BCUT2D eigenvalue weighted by Gasteiger charge is 2.13. The Kier molecular flexibility index (Phi) is 5.24. The lowest BCUT2D eigenvalue weighted by Crippen LogP contribution is -3.12. The number of aromatic nitrogens is 1. The first-order chi connectivity index (χ1) is 12.1. The van der Waals surface area contributed by atoms with Crippen molar-refractivity contribution in [1.82, 2.24) is 15.4 Å². The van der Waals surface area contributed by atoms with Crippen LogP contribution in [-0.4, -0.2) is 30.1 Å². The minimum absolute atomic E-state index is 0.112. The van der Waals surface area contributed by atoms with Crippen LogP contribution in [0.1, 0.15) is 35.1 Å². The molecule has 5 heteroatoms. The number of likely N-dealkylation sites (N-methyl/N-ethyl adjacent to an activating group) is 1. The number of carbonyl (C=O) groups is 1. The smallest absolute Gasteiger partial charge is 0.269 e. The molecule has 1 aromatic heterocycles. The molecule has 1 amide bonds. The highest BCUT2D eigenvalue weighted by Crippen LogP contribution is 2.16. The third kappa shape index (κ3) is 3.94. The van der Waals surface area contributed by atoms with E-state index in [1.54, 1.807) is 4.90 Å². The molecule has 1 unspecified atom stereocenters. The third-order valence-corrected chi connectivity index (χ3v) is 4.88. The van der Waals surface area contributed by atoms with Gasteiger partial charge in [0.2, 0.25) is 0 Å². The molecule has 3 rings (SSSR count). The molecule has 1 aliphatic heterocycles. The highest BCUT2D eigenvalue weighted by molar-refractivity contribution is 5.94. The number of quaternary nitrogens is 1. The van der Waals surface area contributed by atoms with Crippen molar-refractivity contribution in [1.29, 1.82) is 0 Å². The van der Waals surface area contributed by atoms with Crippen molar-refractivity contribution in [3.05, 3.63) is 65.1 Å². The van der Waals surface area contributed by atoms with E-state index in [9.17, 15) is 4.79 Å². The van der Waals surface area contributed by atoms with E-state index in [2.05, 4.69) is 54.4 Å². The number of hydrogen-bond donors (Lipinski definition) is 3. The van der Waals surface area contributed by atoms with E-state index in [-0.39, 0.29) is 5.91 Å².